The van der Waals surface area contributed by atoms with E-state index in [4.69, 9.17) is 20.8 Å². The Balaban J connectivity index is 1.33. The number of benzene rings is 3. The summed E-state index contributed by atoms with van der Waals surface area (Å²) in [6.45, 7) is -0.00171. The van der Waals surface area contributed by atoms with Crippen LogP contribution >= 0.6 is 11.6 Å². The number of anilines is 2. The lowest BCUT2D eigenvalue weighted by Crippen LogP contribution is -2.28. The molecular formula is C31H25ClN8O6. The smallest absolute Gasteiger partial charge is 0.411 e. The number of carbonyl (C=O) groups is 3. The van der Waals surface area contributed by atoms with Crippen molar-refractivity contribution in [3.8, 4) is 17.0 Å². The van der Waals surface area contributed by atoms with Gasteiger partial charge in [0.2, 0.25) is 11.8 Å². The van der Waals surface area contributed by atoms with E-state index in [0.29, 0.717) is 39.7 Å². The number of hydrogen-bond acceptors (Lipinski definition) is 10. The van der Waals surface area contributed by atoms with Gasteiger partial charge in [-0.1, -0.05) is 35.9 Å². The molecule has 0 saturated heterocycles. The molecule has 3 aromatic carbocycles. The largest absolute Gasteiger partial charge is 0.453 e. The van der Waals surface area contributed by atoms with Crippen LogP contribution in [0.3, 0.4) is 0 Å². The number of hydrogen-bond donors (Lipinski definition) is 3. The maximum absolute atomic E-state index is 13.3. The molecular weight excluding hydrogens is 616 g/mol. The minimum atomic E-state index is -0.710. The number of amides is 3. The van der Waals surface area contributed by atoms with Gasteiger partial charge in [-0.15, -0.1) is 5.10 Å². The summed E-state index contributed by atoms with van der Waals surface area (Å²) in [5.41, 5.74) is 3.94. The van der Waals surface area contributed by atoms with Crippen molar-refractivity contribution in [2.24, 2.45) is 0 Å². The molecule has 0 aliphatic carbocycles. The maximum atomic E-state index is 13.3. The number of oxazole rings is 1. The molecule has 6 rings (SSSR count). The summed E-state index contributed by atoms with van der Waals surface area (Å²) in [6.07, 6.45) is 4.85. The first-order chi connectivity index (χ1) is 22.3. The van der Waals surface area contributed by atoms with Crippen molar-refractivity contribution >= 4 is 47.1 Å². The molecule has 46 heavy (non-hydrogen) atoms. The normalized spacial score (nSPS) is 14.4. The molecule has 5 aromatic rings. The standard InChI is InChI=1S/C31H25ClN8O6/c1-44-30(42)35-22-7-8-23-24(14-22)37-31(43)45-16-19-4-2-3-18(11-19)12-25(29-33-15-27(23)46-29)36-28(41)10-5-20-13-21(32)6-9-26(20)40-17-34-38-39-40/h2-11,13-15,17,25H,12,16H2,1H3,(H,35,42)(H,36,41)(H,37,43). The van der Waals surface area contributed by atoms with Crippen molar-refractivity contribution in [1.82, 2.24) is 30.5 Å². The summed E-state index contributed by atoms with van der Waals surface area (Å²) in [7, 11) is 1.24. The number of ether oxygens (including phenoxy) is 2. The molecule has 4 bridgehead atoms. The number of methoxy groups -OCH3 is 1. The summed E-state index contributed by atoms with van der Waals surface area (Å²) in [5.74, 6) is 0.126. The van der Waals surface area contributed by atoms with Gasteiger partial charge in [0.25, 0.3) is 0 Å². The summed E-state index contributed by atoms with van der Waals surface area (Å²) in [5, 5.41) is 20.0. The van der Waals surface area contributed by atoms with Gasteiger partial charge in [-0.2, -0.15) is 4.68 Å². The van der Waals surface area contributed by atoms with Gasteiger partial charge in [0.1, 0.15) is 19.0 Å². The molecule has 3 N–H and O–H groups in total. The van der Waals surface area contributed by atoms with Gasteiger partial charge in [0.05, 0.1) is 24.7 Å². The van der Waals surface area contributed by atoms with Gasteiger partial charge in [0, 0.05) is 34.3 Å². The van der Waals surface area contributed by atoms with Crippen LogP contribution in [0.4, 0.5) is 21.0 Å². The number of nitrogens with zero attached hydrogens (tertiary/aromatic N) is 5. The third-order valence-corrected chi connectivity index (χ3v) is 7.13. The van der Waals surface area contributed by atoms with Crippen molar-refractivity contribution < 1.29 is 28.3 Å². The van der Waals surface area contributed by atoms with Crippen LogP contribution in [0.15, 0.2) is 83.7 Å². The second-order valence-electron chi connectivity index (χ2n) is 10.0. The fourth-order valence-electron chi connectivity index (χ4n) is 4.78. The SMILES string of the molecule is COC(=O)Nc1ccc2c(c1)NC(=O)OCc1cccc(c1)CC(NC(=O)C=Cc1cc(Cl)ccc1-n1cnnn1)c1ncc-2o1. The van der Waals surface area contributed by atoms with E-state index in [1.165, 1.54) is 36.5 Å². The molecule has 0 radical (unpaired) electrons. The second kappa shape index (κ2) is 13.3. The highest BCUT2D eigenvalue weighted by atomic mass is 35.5. The van der Waals surface area contributed by atoms with Crippen LogP contribution < -0.4 is 16.0 Å². The van der Waals surface area contributed by atoms with E-state index in [9.17, 15) is 14.4 Å². The highest BCUT2D eigenvalue weighted by molar-refractivity contribution is 6.30. The second-order valence-corrected chi connectivity index (χ2v) is 10.5. The van der Waals surface area contributed by atoms with E-state index in [1.807, 2.05) is 24.3 Å². The molecule has 1 atom stereocenters. The Kier molecular flexibility index (Phi) is 8.69. The van der Waals surface area contributed by atoms with Crippen molar-refractivity contribution in [3.63, 3.8) is 0 Å². The summed E-state index contributed by atoms with van der Waals surface area (Å²) < 4.78 is 17.8. The third kappa shape index (κ3) is 7.03. The number of halogens is 1. The lowest BCUT2D eigenvalue weighted by Gasteiger charge is -2.17. The van der Waals surface area contributed by atoms with Crippen LogP contribution in [0, 0.1) is 0 Å². The van der Waals surface area contributed by atoms with Gasteiger partial charge in [-0.25, -0.2) is 14.6 Å². The summed E-state index contributed by atoms with van der Waals surface area (Å²) >= 11 is 6.22. The predicted octanol–water partition coefficient (Wildman–Crippen LogP) is 5.32. The van der Waals surface area contributed by atoms with Crippen molar-refractivity contribution in [2.45, 2.75) is 19.1 Å². The van der Waals surface area contributed by atoms with Crippen molar-refractivity contribution in [1.29, 1.82) is 0 Å². The van der Waals surface area contributed by atoms with E-state index < -0.39 is 24.1 Å². The molecule has 15 heteroatoms. The maximum Gasteiger partial charge on any atom is 0.411 e. The Morgan fingerprint density at radius 3 is 2.83 bits per heavy atom. The Labute approximate surface area is 266 Å². The highest BCUT2D eigenvalue weighted by Gasteiger charge is 2.23. The fourth-order valence-corrected chi connectivity index (χ4v) is 4.96. The highest BCUT2D eigenvalue weighted by Crippen LogP contribution is 2.33. The van der Waals surface area contributed by atoms with Crippen LogP contribution in [0.5, 0.6) is 0 Å². The number of aromatic nitrogens is 5. The quantitative estimate of drug-likeness (QED) is 0.213. The van der Waals surface area contributed by atoms with Crippen LogP contribution in [-0.4, -0.2) is 50.4 Å². The first-order valence-corrected chi connectivity index (χ1v) is 14.2. The number of fused-ring (bicyclic) bond motifs is 6. The number of cyclic esters (lactones) is 1. The summed E-state index contributed by atoms with van der Waals surface area (Å²) in [4.78, 5) is 42.3. The monoisotopic (exact) mass is 640 g/mol. The minimum absolute atomic E-state index is 0.00171. The van der Waals surface area contributed by atoms with Crippen molar-refractivity contribution in [2.75, 3.05) is 17.7 Å². The van der Waals surface area contributed by atoms with Crippen LogP contribution in [0.1, 0.15) is 28.6 Å². The van der Waals surface area contributed by atoms with Crippen LogP contribution in [0.2, 0.25) is 5.02 Å². The Bertz CT molecular complexity index is 1940. The molecule has 3 heterocycles. The number of tetrazole rings is 1. The zero-order valence-electron chi connectivity index (χ0n) is 24.1. The number of carbonyl (C=O) groups excluding carboxylic acids is 3. The molecule has 232 valence electrons. The minimum Gasteiger partial charge on any atom is -0.453 e. The van der Waals surface area contributed by atoms with Gasteiger partial charge in [0.15, 0.2) is 5.76 Å². The third-order valence-electron chi connectivity index (χ3n) is 6.89. The van der Waals surface area contributed by atoms with E-state index >= 15 is 0 Å². The molecule has 14 nitrogen and oxygen atoms in total. The van der Waals surface area contributed by atoms with E-state index in [2.05, 4.69) is 41.2 Å². The first-order valence-electron chi connectivity index (χ1n) is 13.8. The predicted molar refractivity (Wildman–Crippen MR) is 166 cm³/mol. The van der Waals surface area contributed by atoms with Gasteiger partial charge >= 0.3 is 12.2 Å². The lowest BCUT2D eigenvalue weighted by atomic mass is 10.0. The van der Waals surface area contributed by atoms with Gasteiger partial charge in [-0.05, 0) is 64.0 Å². The number of rotatable bonds is 5. The van der Waals surface area contributed by atoms with Gasteiger partial charge < -0.3 is 19.2 Å². The molecule has 0 saturated carbocycles. The molecule has 0 fully saturated rings. The van der Waals surface area contributed by atoms with Crippen molar-refractivity contribution in [3.05, 3.63) is 107 Å². The van der Waals surface area contributed by atoms with Crippen LogP contribution in [0.25, 0.3) is 23.1 Å². The molecule has 2 aromatic heterocycles. The van der Waals surface area contributed by atoms with E-state index in [-0.39, 0.29) is 18.2 Å². The van der Waals surface area contributed by atoms with E-state index in [1.54, 1.807) is 36.4 Å². The average Bonchev–Trinajstić information content (AvgIpc) is 3.76. The number of nitrogens with one attached hydrogen (secondary N) is 3. The molecule has 3 amide bonds. The lowest BCUT2D eigenvalue weighted by molar-refractivity contribution is -0.117. The molecule has 1 aliphatic heterocycles. The molecule has 1 aliphatic rings. The van der Waals surface area contributed by atoms with Gasteiger partial charge in [-0.3, -0.25) is 15.4 Å². The zero-order chi connectivity index (χ0) is 32.0. The Morgan fingerprint density at radius 2 is 2.00 bits per heavy atom. The Hall–Kier alpha value is -6.02. The topological polar surface area (TPSA) is 175 Å². The van der Waals surface area contributed by atoms with E-state index in [0.717, 1.165) is 11.1 Å². The first kappa shape index (κ1) is 30.0. The fraction of sp³-hybridized carbons (Fsp3) is 0.129. The average molecular weight is 641 g/mol. The molecule has 1 unspecified atom stereocenters. The Morgan fingerprint density at radius 1 is 1.13 bits per heavy atom. The molecule has 0 spiro atoms. The van der Waals surface area contributed by atoms with Crippen LogP contribution in [-0.2, 0) is 27.3 Å². The summed E-state index contributed by atoms with van der Waals surface area (Å²) in [6, 6.07) is 16.7. The zero-order valence-corrected chi connectivity index (χ0v) is 24.9.